The SMILES string of the molecule is O=C(NNC(=S)Nc1cc(C(F)(F)F)cc(C(F)(F)F)c1)[C@@H]1CSCN1. The highest BCUT2D eigenvalue weighted by Crippen LogP contribution is 2.37. The first-order valence-corrected chi connectivity index (χ1v) is 8.50. The third-order valence-corrected chi connectivity index (χ3v) is 4.32. The van der Waals surface area contributed by atoms with E-state index in [1.807, 2.05) is 0 Å². The van der Waals surface area contributed by atoms with E-state index in [4.69, 9.17) is 12.2 Å². The van der Waals surface area contributed by atoms with E-state index < -0.39 is 41.1 Å². The van der Waals surface area contributed by atoms with Crippen molar-refractivity contribution in [3.63, 3.8) is 0 Å². The van der Waals surface area contributed by atoms with Crippen molar-refractivity contribution in [1.29, 1.82) is 0 Å². The molecule has 1 heterocycles. The Morgan fingerprint density at radius 3 is 2.12 bits per heavy atom. The summed E-state index contributed by atoms with van der Waals surface area (Å²) in [6.07, 6.45) is -9.93. The van der Waals surface area contributed by atoms with Gasteiger partial charge in [0, 0.05) is 17.3 Å². The van der Waals surface area contributed by atoms with E-state index in [9.17, 15) is 31.1 Å². The Labute approximate surface area is 153 Å². The van der Waals surface area contributed by atoms with Crippen molar-refractivity contribution in [2.24, 2.45) is 0 Å². The van der Waals surface area contributed by atoms with Gasteiger partial charge in [-0.25, -0.2) is 0 Å². The van der Waals surface area contributed by atoms with Gasteiger partial charge in [0.25, 0.3) is 5.91 Å². The highest BCUT2D eigenvalue weighted by atomic mass is 32.2. The largest absolute Gasteiger partial charge is 0.416 e. The molecule has 1 saturated heterocycles. The molecule has 1 fully saturated rings. The molecule has 13 heteroatoms. The van der Waals surface area contributed by atoms with Crippen molar-refractivity contribution in [2.45, 2.75) is 18.4 Å². The first-order valence-electron chi connectivity index (χ1n) is 6.94. The van der Waals surface area contributed by atoms with Gasteiger partial charge in [0.2, 0.25) is 0 Å². The summed E-state index contributed by atoms with van der Waals surface area (Å²) in [7, 11) is 0. The van der Waals surface area contributed by atoms with Crippen LogP contribution in [0.25, 0.3) is 0 Å². The zero-order valence-corrected chi connectivity index (χ0v) is 14.3. The molecular weight excluding hydrogens is 406 g/mol. The van der Waals surface area contributed by atoms with Crippen molar-refractivity contribution in [3.05, 3.63) is 29.3 Å². The number of carbonyl (C=O) groups excluding carboxylic acids is 1. The van der Waals surface area contributed by atoms with Crippen molar-refractivity contribution in [2.75, 3.05) is 16.9 Å². The van der Waals surface area contributed by atoms with Crippen LogP contribution < -0.4 is 21.5 Å². The fourth-order valence-corrected chi connectivity index (χ4v) is 3.07. The maximum absolute atomic E-state index is 12.8. The van der Waals surface area contributed by atoms with Crippen molar-refractivity contribution in [3.8, 4) is 0 Å². The van der Waals surface area contributed by atoms with Gasteiger partial charge in [0.1, 0.15) is 0 Å². The average Bonchev–Trinajstić information content (AvgIpc) is 3.05. The molecule has 0 radical (unpaired) electrons. The third kappa shape index (κ3) is 5.64. The van der Waals surface area contributed by atoms with Gasteiger partial charge < -0.3 is 5.32 Å². The predicted molar refractivity (Wildman–Crippen MR) is 88.2 cm³/mol. The summed E-state index contributed by atoms with van der Waals surface area (Å²) in [4.78, 5) is 11.7. The predicted octanol–water partition coefficient (Wildman–Crippen LogP) is 2.70. The second kappa shape index (κ2) is 7.88. The lowest BCUT2D eigenvalue weighted by atomic mass is 10.1. The molecule has 1 amide bonds. The molecule has 0 unspecified atom stereocenters. The summed E-state index contributed by atoms with van der Waals surface area (Å²) >= 11 is 6.27. The third-order valence-electron chi connectivity index (χ3n) is 3.18. The Morgan fingerprint density at radius 1 is 1.08 bits per heavy atom. The van der Waals surface area contributed by atoms with Crippen LogP contribution in [0.1, 0.15) is 11.1 Å². The number of thiocarbonyl (C=S) groups is 1. The van der Waals surface area contributed by atoms with Crippen LogP contribution in [0.5, 0.6) is 0 Å². The summed E-state index contributed by atoms with van der Waals surface area (Å²) in [5, 5.41) is 4.70. The van der Waals surface area contributed by atoms with Crippen LogP contribution in [0.15, 0.2) is 18.2 Å². The fraction of sp³-hybridized carbons (Fsp3) is 0.385. The normalized spacial score (nSPS) is 17.7. The lowest BCUT2D eigenvalue weighted by Crippen LogP contribution is -2.51. The second-order valence-electron chi connectivity index (χ2n) is 5.13. The first kappa shape index (κ1) is 20.6. The molecule has 0 bridgehead atoms. The van der Waals surface area contributed by atoms with Crippen LogP contribution in [0.4, 0.5) is 32.0 Å². The maximum atomic E-state index is 12.8. The Bertz CT molecular complexity index is 656. The highest BCUT2D eigenvalue weighted by Gasteiger charge is 2.37. The smallest absolute Gasteiger partial charge is 0.331 e. The summed E-state index contributed by atoms with van der Waals surface area (Å²) in [5.41, 5.74) is 0.979. The molecule has 144 valence electrons. The summed E-state index contributed by atoms with van der Waals surface area (Å²) < 4.78 is 76.7. The zero-order valence-electron chi connectivity index (χ0n) is 12.7. The topological polar surface area (TPSA) is 65.2 Å². The van der Waals surface area contributed by atoms with Gasteiger partial charge >= 0.3 is 12.4 Å². The maximum Gasteiger partial charge on any atom is 0.416 e. The van der Waals surface area contributed by atoms with E-state index in [1.54, 1.807) is 0 Å². The number of carbonyl (C=O) groups is 1. The van der Waals surface area contributed by atoms with Crippen molar-refractivity contribution < 1.29 is 31.1 Å². The molecule has 5 nitrogen and oxygen atoms in total. The number of rotatable bonds is 2. The van der Waals surface area contributed by atoms with Crippen LogP contribution in [0.3, 0.4) is 0 Å². The molecule has 2 rings (SSSR count). The minimum absolute atomic E-state index is 0.00681. The van der Waals surface area contributed by atoms with E-state index in [0.717, 1.165) is 0 Å². The van der Waals surface area contributed by atoms with Crippen LogP contribution in [-0.2, 0) is 17.1 Å². The number of hydrogen-bond acceptors (Lipinski definition) is 4. The fourth-order valence-electron chi connectivity index (χ4n) is 1.96. The molecule has 1 aromatic rings. The van der Waals surface area contributed by atoms with E-state index in [0.29, 0.717) is 23.8 Å². The van der Waals surface area contributed by atoms with E-state index >= 15 is 0 Å². The van der Waals surface area contributed by atoms with Gasteiger partial charge in [-0.15, -0.1) is 11.8 Å². The van der Waals surface area contributed by atoms with Crippen LogP contribution in [0, 0.1) is 0 Å². The molecule has 0 aromatic heterocycles. The van der Waals surface area contributed by atoms with Crippen LogP contribution >= 0.6 is 24.0 Å². The lowest BCUT2D eigenvalue weighted by Gasteiger charge is -2.17. The quantitative estimate of drug-likeness (QED) is 0.337. The number of alkyl halides is 6. The Kier molecular flexibility index (Phi) is 6.24. The number of amides is 1. The highest BCUT2D eigenvalue weighted by molar-refractivity contribution is 7.99. The van der Waals surface area contributed by atoms with Gasteiger partial charge in [-0.1, -0.05) is 0 Å². The van der Waals surface area contributed by atoms with Gasteiger partial charge in [-0.3, -0.25) is 21.0 Å². The molecule has 1 aliphatic rings. The number of hydrogen-bond donors (Lipinski definition) is 4. The Balaban J connectivity index is 2.07. The molecule has 1 atom stereocenters. The lowest BCUT2D eigenvalue weighted by molar-refractivity contribution is -0.143. The molecular formula is C13H12F6N4OS2. The average molecular weight is 418 g/mol. The number of benzene rings is 1. The number of nitrogens with one attached hydrogen (secondary N) is 4. The standard InChI is InChI=1S/C13H12F6N4OS2/c14-12(15,16)6-1-7(13(17,18)19)3-8(2-6)21-11(25)23-22-10(24)9-4-26-5-20-9/h1-3,9,20H,4-5H2,(H,22,24)(H2,21,23,25)/t9-/m0/s1. The van der Waals surface area contributed by atoms with Crippen molar-refractivity contribution >= 4 is 40.7 Å². The van der Waals surface area contributed by atoms with E-state index in [2.05, 4.69) is 21.5 Å². The molecule has 0 saturated carbocycles. The molecule has 26 heavy (non-hydrogen) atoms. The number of hydrazine groups is 1. The minimum Gasteiger partial charge on any atom is -0.331 e. The van der Waals surface area contributed by atoms with Crippen molar-refractivity contribution in [1.82, 2.24) is 16.2 Å². The van der Waals surface area contributed by atoms with E-state index in [1.165, 1.54) is 11.8 Å². The first-order chi connectivity index (χ1) is 12.0. The molecule has 1 aromatic carbocycles. The van der Waals surface area contributed by atoms with Crippen LogP contribution in [-0.4, -0.2) is 28.7 Å². The number of anilines is 1. The zero-order chi connectivity index (χ0) is 19.5. The Hall–Kier alpha value is -1.73. The van der Waals surface area contributed by atoms with Gasteiger partial charge in [-0.2, -0.15) is 26.3 Å². The summed E-state index contributed by atoms with van der Waals surface area (Å²) in [5.74, 6) is 0.654. The van der Waals surface area contributed by atoms with E-state index in [-0.39, 0.29) is 11.2 Å². The minimum atomic E-state index is -4.97. The second-order valence-corrected chi connectivity index (χ2v) is 6.57. The number of halogens is 6. The molecule has 0 spiro atoms. The molecule has 4 N–H and O–H groups in total. The van der Waals surface area contributed by atoms with Crippen LogP contribution in [0.2, 0.25) is 0 Å². The molecule has 1 aliphatic heterocycles. The monoisotopic (exact) mass is 418 g/mol. The van der Waals surface area contributed by atoms with Gasteiger partial charge in [0.15, 0.2) is 5.11 Å². The summed E-state index contributed by atoms with van der Waals surface area (Å²) in [6, 6.07) is 0.508. The van der Waals surface area contributed by atoms with Gasteiger partial charge in [-0.05, 0) is 30.4 Å². The van der Waals surface area contributed by atoms with Gasteiger partial charge in [0.05, 0.1) is 17.2 Å². The summed E-state index contributed by atoms with van der Waals surface area (Å²) in [6.45, 7) is 0. The Morgan fingerprint density at radius 2 is 1.65 bits per heavy atom. The number of thioether (sulfide) groups is 1. The molecule has 0 aliphatic carbocycles.